The third kappa shape index (κ3) is 4.93. The second-order valence-corrected chi connectivity index (χ2v) is 3.75. The van der Waals surface area contributed by atoms with Crippen LogP contribution in [0.15, 0.2) is 54.6 Å². The Morgan fingerprint density at radius 3 is 1.71 bits per heavy atom. The SMILES string of the molecule is CN(C)c1cccc(O)c1.Oc1ccccc1. The average molecular weight is 231 g/mol. The Morgan fingerprint density at radius 2 is 1.35 bits per heavy atom. The van der Waals surface area contributed by atoms with Gasteiger partial charge in [-0.25, -0.2) is 0 Å². The Hall–Kier alpha value is -2.16. The molecule has 0 aliphatic carbocycles. The van der Waals surface area contributed by atoms with Crippen LogP contribution in [0.5, 0.6) is 11.5 Å². The molecule has 90 valence electrons. The summed E-state index contributed by atoms with van der Waals surface area (Å²) < 4.78 is 0. The van der Waals surface area contributed by atoms with Crippen molar-refractivity contribution in [2.75, 3.05) is 19.0 Å². The van der Waals surface area contributed by atoms with Crippen molar-refractivity contribution in [1.29, 1.82) is 0 Å². The number of rotatable bonds is 1. The van der Waals surface area contributed by atoms with Crippen molar-refractivity contribution >= 4 is 5.69 Å². The molecule has 2 aromatic carbocycles. The molecular formula is C14H17NO2. The number of anilines is 1. The third-order valence-corrected chi connectivity index (χ3v) is 2.10. The Bertz CT molecular complexity index is 441. The maximum absolute atomic E-state index is 9.04. The minimum atomic E-state index is 0.311. The summed E-state index contributed by atoms with van der Waals surface area (Å²) in [4.78, 5) is 1.94. The lowest BCUT2D eigenvalue weighted by Crippen LogP contribution is -2.07. The molecule has 3 heteroatoms. The molecule has 0 saturated heterocycles. The second-order valence-electron chi connectivity index (χ2n) is 3.75. The summed E-state index contributed by atoms with van der Waals surface area (Å²) in [5, 5.41) is 17.7. The third-order valence-electron chi connectivity index (χ3n) is 2.10. The second kappa shape index (κ2) is 6.43. The number of phenolic OH excluding ortho intramolecular Hbond substituents is 2. The molecule has 0 bridgehead atoms. The van der Waals surface area contributed by atoms with E-state index in [-0.39, 0.29) is 0 Å². The van der Waals surface area contributed by atoms with Crippen LogP contribution in [-0.2, 0) is 0 Å². The van der Waals surface area contributed by atoms with E-state index in [0.717, 1.165) is 5.69 Å². The van der Waals surface area contributed by atoms with Crippen molar-refractivity contribution in [3.8, 4) is 11.5 Å². The molecule has 0 spiro atoms. The normalized spacial score (nSPS) is 9.06. The van der Waals surface area contributed by atoms with Crippen LogP contribution in [0.1, 0.15) is 0 Å². The number of nitrogens with zero attached hydrogens (tertiary/aromatic N) is 1. The highest BCUT2D eigenvalue weighted by atomic mass is 16.3. The molecule has 0 heterocycles. The summed E-state index contributed by atoms with van der Waals surface area (Å²) in [6.07, 6.45) is 0. The predicted octanol–water partition coefficient (Wildman–Crippen LogP) is 2.85. The molecule has 2 aromatic rings. The van der Waals surface area contributed by atoms with Gasteiger partial charge >= 0.3 is 0 Å². The molecule has 0 fully saturated rings. The molecule has 0 amide bonds. The first-order valence-electron chi connectivity index (χ1n) is 5.30. The number of hydrogen-bond donors (Lipinski definition) is 2. The van der Waals surface area contributed by atoms with Gasteiger partial charge in [0.1, 0.15) is 11.5 Å². The van der Waals surface area contributed by atoms with Gasteiger partial charge in [-0.15, -0.1) is 0 Å². The monoisotopic (exact) mass is 231 g/mol. The Labute approximate surface area is 102 Å². The highest BCUT2D eigenvalue weighted by molar-refractivity contribution is 5.48. The average Bonchev–Trinajstić information content (AvgIpc) is 2.31. The van der Waals surface area contributed by atoms with Gasteiger partial charge in [0.05, 0.1) is 0 Å². The van der Waals surface area contributed by atoms with E-state index in [1.807, 2.05) is 37.2 Å². The van der Waals surface area contributed by atoms with Crippen molar-refractivity contribution in [3.63, 3.8) is 0 Å². The van der Waals surface area contributed by atoms with Gasteiger partial charge in [0.15, 0.2) is 0 Å². The van der Waals surface area contributed by atoms with Crippen molar-refractivity contribution in [1.82, 2.24) is 0 Å². The van der Waals surface area contributed by atoms with E-state index in [2.05, 4.69) is 0 Å². The molecule has 0 unspecified atom stereocenters. The van der Waals surface area contributed by atoms with Crippen LogP contribution < -0.4 is 4.90 Å². The van der Waals surface area contributed by atoms with Crippen LogP contribution in [0.25, 0.3) is 0 Å². The number of aromatic hydroxyl groups is 2. The van der Waals surface area contributed by atoms with Crippen LogP contribution in [-0.4, -0.2) is 24.3 Å². The maximum Gasteiger partial charge on any atom is 0.117 e. The molecule has 0 atom stereocenters. The minimum Gasteiger partial charge on any atom is -0.508 e. The Morgan fingerprint density at radius 1 is 0.765 bits per heavy atom. The highest BCUT2D eigenvalue weighted by Crippen LogP contribution is 2.16. The summed E-state index contributed by atoms with van der Waals surface area (Å²) in [6.45, 7) is 0. The van der Waals surface area contributed by atoms with E-state index < -0.39 is 0 Å². The summed E-state index contributed by atoms with van der Waals surface area (Å²) in [7, 11) is 3.88. The lowest BCUT2D eigenvalue weighted by Gasteiger charge is -2.11. The molecule has 0 radical (unpaired) electrons. The van der Waals surface area contributed by atoms with Crippen molar-refractivity contribution in [3.05, 3.63) is 54.6 Å². The van der Waals surface area contributed by atoms with E-state index in [9.17, 15) is 0 Å². The number of para-hydroxylation sites is 1. The van der Waals surface area contributed by atoms with Gasteiger partial charge in [-0.05, 0) is 24.3 Å². The molecule has 2 N–H and O–H groups in total. The zero-order valence-electron chi connectivity index (χ0n) is 10.0. The van der Waals surface area contributed by atoms with Gasteiger partial charge in [-0.3, -0.25) is 0 Å². The lowest BCUT2D eigenvalue weighted by atomic mass is 10.3. The van der Waals surface area contributed by atoms with Crippen LogP contribution >= 0.6 is 0 Å². The first kappa shape index (κ1) is 12.9. The molecule has 0 saturated carbocycles. The standard InChI is InChI=1S/C8H11NO.C6H6O/c1-9(2)7-4-3-5-8(10)6-7;7-6-4-2-1-3-5-6/h3-6,10H,1-2H3;1-5,7H. The molecule has 17 heavy (non-hydrogen) atoms. The van der Waals surface area contributed by atoms with Crippen molar-refractivity contribution in [2.45, 2.75) is 0 Å². The number of phenols is 2. The van der Waals surface area contributed by atoms with E-state index >= 15 is 0 Å². The van der Waals surface area contributed by atoms with Gasteiger partial charge in [-0.2, -0.15) is 0 Å². The first-order chi connectivity index (χ1) is 8.09. The van der Waals surface area contributed by atoms with Gasteiger partial charge in [0.2, 0.25) is 0 Å². The van der Waals surface area contributed by atoms with Crippen LogP contribution in [0.2, 0.25) is 0 Å². The van der Waals surface area contributed by atoms with Crippen LogP contribution in [0.3, 0.4) is 0 Å². The van der Waals surface area contributed by atoms with E-state index in [1.54, 1.807) is 36.4 Å². The maximum atomic E-state index is 9.04. The fraction of sp³-hybridized carbons (Fsp3) is 0.143. The topological polar surface area (TPSA) is 43.7 Å². The minimum absolute atomic E-state index is 0.311. The van der Waals surface area contributed by atoms with Crippen molar-refractivity contribution < 1.29 is 10.2 Å². The van der Waals surface area contributed by atoms with E-state index in [0.29, 0.717) is 11.5 Å². The van der Waals surface area contributed by atoms with Gasteiger partial charge in [0, 0.05) is 25.8 Å². The zero-order chi connectivity index (χ0) is 12.7. The van der Waals surface area contributed by atoms with Gasteiger partial charge in [0.25, 0.3) is 0 Å². The van der Waals surface area contributed by atoms with Gasteiger partial charge < -0.3 is 15.1 Å². The van der Waals surface area contributed by atoms with E-state index in [4.69, 9.17) is 10.2 Å². The molecule has 0 aromatic heterocycles. The number of benzene rings is 2. The largest absolute Gasteiger partial charge is 0.508 e. The zero-order valence-corrected chi connectivity index (χ0v) is 10.0. The molecular weight excluding hydrogens is 214 g/mol. The quantitative estimate of drug-likeness (QED) is 0.793. The summed E-state index contributed by atoms with van der Waals surface area (Å²) in [6, 6.07) is 15.9. The van der Waals surface area contributed by atoms with Crippen molar-refractivity contribution in [2.24, 2.45) is 0 Å². The first-order valence-corrected chi connectivity index (χ1v) is 5.30. The molecule has 2 rings (SSSR count). The number of hydrogen-bond acceptors (Lipinski definition) is 3. The van der Waals surface area contributed by atoms with Gasteiger partial charge in [-0.1, -0.05) is 24.3 Å². The lowest BCUT2D eigenvalue weighted by molar-refractivity contribution is 0.475. The van der Waals surface area contributed by atoms with E-state index in [1.165, 1.54) is 0 Å². The molecule has 3 nitrogen and oxygen atoms in total. The Kier molecular flexibility index (Phi) is 4.88. The highest BCUT2D eigenvalue weighted by Gasteiger charge is 1.93. The van der Waals surface area contributed by atoms with Crippen LogP contribution in [0, 0.1) is 0 Å². The molecule has 0 aliphatic rings. The molecule has 0 aliphatic heterocycles. The summed E-state index contributed by atoms with van der Waals surface area (Å²) in [5.41, 5.74) is 1.01. The fourth-order valence-corrected chi connectivity index (χ4v) is 1.20. The Balaban J connectivity index is 0.000000181. The summed E-state index contributed by atoms with van der Waals surface area (Å²) >= 11 is 0. The smallest absolute Gasteiger partial charge is 0.117 e. The predicted molar refractivity (Wildman–Crippen MR) is 70.5 cm³/mol. The summed E-state index contributed by atoms with van der Waals surface area (Å²) in [5.74, 6) is 0.633. The van der Waals surface area contributed by atoms with Crippen LogP contribution in [0.4, 0.5) is 5.69 Å². The fourth-order valence-electron chi connectivity index (χ4n) is 1.20.